The molecule has 0 bridgehead atoms. The van der Waals surface area contributed by atoms with Gasteiger partial charge >= 0.3 is 6.18 Å². The average molecular weight is 397 g/mol. The molecule has 0 aliphatic heterocycles. The zero-order valence-electron chi connectivity index (χ0n) is 15.6. The fourth-order valence-corrected chi connectivity index (χ4v) is 2.35. The minimum atomic E-state index is -4.52. The van der Waals surface area contributed by atoms with Crippen LogP contribution >= 0.6 is 0 Å². The number of hydrogen-bond donors (Lipinski definition) is 1. The Labute approximate surface area is 161 Å². The minimum absolute atomic E-state index is 0.0226. The van der Waals surface area contributed by atoms with E-state index in [0.717, 1.165) is 12.1 Å². The van der Waals surface area contributed by atoms with Gasteiger partial charge in [-0.25, -0.2) is 0 Å². The van der Waals surface area contributed by atoms with Crippen molar-refractivity contribution < 1.29 is 32.2 Å². The van der Waals surface area contributed by atoms with Gasteiger partial charge in [0.25, 0.3) is 0 Å². The molecule has 0 aromatic heterocycles. The fraction of sp³-hybridized carbons (Fsp3) is 0.350. The Morgan fingerprint density at radius 1 is 1.00 bits per heavy atom. The van der Waals surface area contributed by atoms with Gasteiger partial charge in [0.2, 0.25) is 5.91 Å². The highest BCUT2D eigenvalue weighted by atomic mass is 19.4. The van der Waals surface area contributed by atoms with Gasteiger partial charge in [0.15, 0.2) is 11.5 Å². The maximum Gasteiger partial charge on any atom is 0.416 e. The highest BCUT2D eigenvalue weighted by Gasteiger charge is 2.31. The first kappa shape index (κ1) is 21.4. The van der Waals surface area contributed by atoms with Crippen molar-refractivity contribution in [3.05, 3.63) is 48.0 Å². The Bertz CT molecular complexity index is 793. The van der Waals surface area contributed by atoms with E-state index in [2.05, 4.69) is 5.32 Å². The third kappa shape index (κ3) is 6.07. The van der Waals surface area contributed by atoms with Crippen LogP contribution in [0.2, 0.25) is 0 Å². The van der Waals surface area contributed by atoms with Crippen molar-refractivity contribution in [2.75, 3.05) is 25.6 Å². The molecule has 0 radical (unpaired) electrons. The van der Waals surface area contributed by atoms with E-state index in [0.29, 0.717) is 24.5 Å². The standard InChI is InChI=1S/C20H22F3NO4/c1-3-11-27-16-9-8-14(20(21,22)23)13-15(16)24-19(25)10-12-28-18-7-5-4-6-17(18)26-2/h4-9,13H,3,10-12H2,1-2H3,(H,24,25). The summed E-state index contributed by atoms with van der Waals surface area (Å²) < 4.78 is 55.0. The summed E-state index contributed by atoms with van der Waals surface area (Å²) in [5.41, 5.74) is -0.887. The summed E-state index contributed by atoms with van der Waals surface area (Å²) in [6.07, 6.45) is -3.89. The van der Waals surface area contributed by atoms with Crippen LogP contribution in [0.4, 0.5) is 18.9 Å². The molecule has 2 aromatic rings. The van der Waals surface area contributed by atoms with Crippen LogP contribution in [0.3, 0.4) is 0 Å². The van der Waals surface area contributed by atoms with E-state index in [-0.39, 0.29) is 24.5 Å². The quantitative estimate of drug-likeness (QED) is 0.653. The van der Waals surface area contributed by atoms with Crippen LogP contribution in [0.25, 0.3) is 0 Å². The van der Waals surface area contributed by atoms with E-state index in [9.17, 15) is 18.0 Å². The second-order valence-corrected chi connectivity index (χ2v) is 5.85. The molecule has 1 N–H and O–H groups in total. The van der Waals surface area contributed by atoms with E-state index in [1.807, 2.05) is 6.92 Å². The maximum absolute atomic E-state index is 13.0. The zero-order chi connectivity index (χ0) is 20.6. The highest BCUT2D eigenvalue weighted by molar-refractivity contribution is 5.92. The molecule has 0 fully saturated rings. The van der Waals surface area contributed by atoms with Gasteiger partial charge in [-0.1, -0.05) is 19.1 Å². The van der Waals surface area contributed by atoms with Crippen LogP contribution in [0.15, 0.2) is 42.5 Å². The first-order chi connectivity index (χ1) is 13.3. The van der Waals surface area contributed by atoms with Crippen molar-refractivity contribution in [1.29, 1.82) is 0 Å². The Hall–Kier alpha value is -2.90. The maximum atomic E-state index is 13.0. The topological polar surface area (TPSA) is 56.8 Å². The monoisotopic (exact) mass is 397 g/mol. The lowest BCUT2D eigenvalue weighted by atomic mass is 10.1. The van der Waals surface area contributed by atoms with Gasteiger partial charge in [0, 0.05) is 0 Å². The van der Waals surface area contributed by atoms with Gasteiger partial charge < -0.3 is 19.5 Å². The summed E-state index contributed by atoms with van der Waals surface area (Å²) in [6.45, 7) is 2.24. The highest BCUT2D eigenvalue weighted by Crippen LogP contribution is 2.35. The molecular weight excluding hydrogens is 375 g/mol. The van der Waals surface area contributed by atoms with E-state index in [1.54, 1.807) is 24.3 Å². The lowest BCUT2D eigenvalue weighted by molar-refractivity contribution is -0.137. The Morgan fingerprint density at radius 3 is 2.32 bits per heavy atom. The van der Waals surface area contributed by atoms with Crippen molar-refractivity contribution >= 4 is 11.6 Å². The van der Waals surface area contributed by atoms with Crippen molar-refractivity contribution in [3.63, 3.8) is 0 Å². The molecule has 8 heteroatoms. The number of methoxy groups -OCH3 is 1. The van der Waals surface area contributed by atoms with Crippen LogP contribution in [-0.2, 0) is 11.0 Å². The van der Waals surface area contributed by atoms with E-state index in [4.69, 9.17) is 14.2 Å². The summed E-state index contributed by atoms with van der Waals surface area (Å²) in [4.78, 5) is 12.2. The van der Waals surface area contributed by atoms with Crippen molar-refractivity contribution in [3.8, 4) is 17.2 Å². The molecule has 0 aliphatic rings. The number of alkyl halides is 3. The molecule has 2 aromatic carbocycles. The van der Waals surface area contributed by atoms with Gasteiger partial charge in [0.1, 0.15) is 5.75 Å². The number of anilines is 1. The summed E-state index contributed by atoms with van der Waals surface area (Å²) in [5.74, 6) is 0.698. The number of nitrogens with one attached hydrogen (secondary N) is 1. The second-order valence-electron chi connectivity index (χ2n) is 5.85. The molecule has 0 atom stereocenters. The number of carbonyl (C=O) groups is 1. The van der Waals surface area contributed by atoms with Crippen LogP contribution in [-0.4, -0.2) is 26.2 Å². The van der Waals surface area contributed by atoms with Crippen LogP contribution in [0.5, 0.6) is 17.2 Å². The Kier molecular flexibility index (Phi) is 7.54. The van der Waals surface area contributed by atoms with Crippen molar-refractivity contribution in [2.24, 2.45) is 0 Å². The van der Waals surface area contributed by atoms with E-state index in [1.165, 1.54) is 13.2 Å². The second kappa shape index (κ2) is 9.87. The Morgan fingerprint density at radius 2 is 1.68 bits per heavy atom. The van der Waals surface area contributed by atoms with Gasteiger partial charge in [0.05, 0.1) is 38.0 Å². The molecule has 1 amide bonds. The molecular formula is C20H22F3NO4. The van der Waals surface area contributed by atoms with Gasteiger partial charge in [-0.05, 0) is 36.8 Å². The number of carbonyl (C=O) groups excluding carboxylic acids is 1. The molecule has 0 aliphatic carbocycles. The lowest BCUT2D eigenvalue weighted by Gasteiger charge is -2.15. The molecule has 0 heterocycles. The summed E-state index contributed by atoms with van der Waals surface area (Å²) in [5, 5.41) is 2.47. The number of halogens is 3. The predicted octanol–water partition coefficient (Wildman–Crippen LogP) is 4.91. The first-order valence-corrected chi connectivity index (χ1v) is 8.75. The first-order valence-electron chi connectivity index (χ1n) is 8.75. The van der Waals surface area contributed by atoms with Crippen molar-refractivity contribution in [2.45, 2.75) is 25.9 Å². The average Bonchev–Trinajstić information content (AvgIpc) is 2.66. The van der Waals surface area contributed by atoms with E-state index >= 15 is 0 Å². The number of hydrogen-bond acceptors (Lipinski definition) is 4. The largest absolute Gasteiger partial charge is 0.493 e. The zero-order valence-corrected chi connectivity index (χ0v) is 15.6. The van der Waals surface area contributed by atoms with Gasteiger partial charge in [-0.15, -0.1) is 0 Å². The number of para-hydroxylation sites is 2. The summed E-state index contributed by atoms with van der Waals surface area (Å²) in [7, 11) is 1.50. The molecule has 152 valence electrons. The summed E-state index contributed by atoms with van der Waals surface area (Å²) in [6, 6.07) is 9.95. The SMILES string of the molecule is CCCOc1ccc(C(F)(F)F)cc1NC(=O)CCOc1ccccc1OC. The predicted molar refractivity (Wildman–Crippen MR) is 99.0 cm³/mol. The number of ether oxygens (including phenoxy) is 3. The van der Waals surface area contributed by atoms with Crippen LogP contribution < -0.4 is 19.5 Å². The molecule has 0 spiro atoms. The smallest absolute Gasteiger partial charge is 0.416 e. The third-order valence-corrected chi connectivity index (χ3v) is 3.70. The fourth-order valence-electron chi connectivity index (χ4n) is 2.35. The van der Waals surface area contributed by atoms with Crippen LogP contribution in [0, 0.1) is 0 Å². The number of benzene rings is 2. The molecule has 0 saturated heterocycles. The van der Waals surface area contributed by atoms with Crippen molar-refractivity contribution in [1.82, 2.24) is 0 Å². The molecule has 0 unspecified atom stereocenters. The number of amides is 1. The number of rotatable bonds is 9. The molecule has 0 saturated carbocycles. The van der Waals surface area contributed by atoms with Gasteiger partial charge in [-0.3, -0.25) is 4.79 Å². The van der Waals surface area contributed by atoms with Gasteiger partial charge in [-0.2, -0.15) is 13.2 Å². The molecule has 5 nitrogen and oxygen atoms in total. The van der Waals surface area contributed by atoms with E-state index < -0.39 is 17.6 Å². The summed E-state index contributed by atoms with van der Waals surface area (Å²) >= 11 is 0. The normalized spacial score (nSPS) is 11.0. The third-order valence-electron chi connectivity index (χ3n) is 3.70. The lowest BCUT2D eigenvalue weighted by Crippen LogP contribution is -2.17. The molecule has 28 heavy (non-hydrogen) atoms. The molecule has 2 rings (SSSR count). The van der Waals surface area contributed by atoms with Crippen LogP contribution in [0.1, 0.15) is 25.3 Å². The Balaban J connectivity index is 2.02. The minimum Gasteiger partial charge on any atom is -0.493 e.